The van der Waals surface area contributed by atoms with Crippen molar-refractivity contribution in [3.63, 3.8) is 0 Å². The predicted molar refractivity (Wildman–Crippen MR) is 60.6 cm³/mol. The molecule has 0 fully saturated rings. The first-order chi connectivity index (χ1) is 8.11. The number of hydrogen-bond acceptors (Lipinski definition) is 6. The highest BCUT2D eigenvalue weighted by atomic mass is 16.6. The van der Waals surface area contributed by atoms with Crippen molar-refractivity contribution in [2.45, 2.75) is 0 Å². The Morgan fingerprint density at radius 1 is 1.59 bits per heavy atom. The predicted octanol–water partition coefficient (Wildman–Crippen LogP) is 0.591. The molecule has 1 aromatic carbocycles. The minimum absolute atomic E-state index is 0.106. The van der Waals surface area contributed by atoms with Gasteiger partial charge in [-0.05, 0) is 12.1 Å². The van der Waals surface area contributed by atoms with E-state index in [9.17, 15) is 10.1 Å². The average molecular weight is 231 g/mol. The molecule has 17 heavy (non-hydrogen) atoms. The first-order valence-electron chi connectivity index (χ1n) is 4.80. The van der Waals surface area contributed by atoms with E-state index in [2.05, 4.69) is 5.43 Å². The van der Waals surface area contributed by atoms with Gasteiger partial charge in [-0.25, -0.2) is 0 Å². The van der Waals surface area contributed by atoms with Crippen molar-refractivity contribution >= 4 is 11.4 Å². The molecule has 1 aliphatic rings. The highest BCUT2D eigenvalue weighted by Gasteiger charge is 2.18. The van der Waals surface area contributed by atoms with E-state index in [0.717, 1.165) is 0 Å². The molecule has 1 aliphatic heterocycles. The van der Waals surface area contributed by atoms with Crippen LogP contribution in [0.25, 0.3) is 0 Å². The van der Waals surface area contributed by atoms with Crippen molar-refractivity contribution < 1.29 is 4.92 Å². The summed E-state index contributed by atoms with van der Waals surface area (Å²) in [5.74, 6) is 0.493. The van der Waals surface area contributed by atoms with Crippen LogP contribution in [-0.4, -0.2) is 11.5 Å². The molecule has 0 atom stereocenters. The van der Waals surface area contributed by atoms with E-state index in [1.165, 1.54) is 18.2 Å². The quantitative estimate of drug-likeness (QED) is 0.569. The molecule has 0 bridgehead atoms. The zero-order chi connectivity index (χ0) is 12.4. The maximum absolute atomic E-state index is 10.6. The van der Waals surface area contributed by atoms with Gasteiger partial charge in [-0.15, -0.1) is 0 Å². The fraction of sp³-hybridized carbons (Fsp3) is 0.100. The summed E-state index contributed by atoms with van der Waals surface area (Å²) in [4.78, 5) is 10.1. The number of nitriles is 1. The molecule has 0 aromatic heterocycles. The van der Waals surface area contributed by atoms with Crippen LogP contribution in [0.5, 0.6) is 0 Å². The van der Waals surface area contributed by atoms with Crippen LogP contribution in [0.15, 0.2) is 30.1 Å². The highest BCUT2D eigenvalue weighted by molar-refractivity contribution is 5.63. The molecule has 0 saturated heterocycles. The Hall–Kier alpha value is -2.75. The lowest BCUT2D eigenvalue weighted by Crippen LogP contribution is -2.34. The molecule has 0 unspecified atom stereocenters. The second-order valence-electron chi connectivity index (χ2n) is 3.45. The molecule has 86 valence electrons. The number of non-ortho nitro benzene ring substituents is 1. The van der Waals surface area contributed by atoms with Crippen LogP contribution in [0, 0.1) is 21.4 Å². The first-order valence-corrected chi connectivity index (χ1v) is 4.80. The number of hydrogen-bond donors (Lipinski definition) is 2. The van der Waals surface area contributed by atoms with Crippen molar-refractivity contribution in [2.24, 2.45) is 5.73 Å². The van der Waals surface area contributed by atoms with Crippen LogP contribution in [-0.2, 0) is 0 Å². The molecule has 1 aromatic rings. The van der Waals surface area contributed by atoms with Crippen LogP contribution >= 0.6 is 0 Å². The number of hydrazine groups is 1. The molecule has 0 aliphatic carbocycles. The van der Waals surface area contributed by atoms with E-state index in [4.69, 9.17) is 11.0 Å². The zero-order valence-corrected chi connectivity index (χ0v) is 8.75. The molecule has 2 rings (SSSR count). The smallest absolute Gasteiger partial charge is 0.270 e. The van der Waals surface area contributed by atoms with Gasteiger partial charge in [-0.2, -0.15) is 5.26 Å². The van der Waals surface area contributed by atoms with Gasteiger partial charge in [0.25, 0.3) is 5.69 Å². The zero-order valence-electron chi connectivity index (χ0n) is 8.75. The number of anilines is 1. The Balaban J connectivity index is 2.36. The molecule has 0 amide bonds. The SMILES string of the molecule is N#Cc1cc([N+](=O)[O-])ccc1N1CC=C(N)N1. The molecule has 0 spiro atoms. The molecule has 1 heterocycles. The van der Waals surface area contributed by atoms with E-state index in [0.29, 0.717) is 18.1 Å². The van der Waals surface area contributed by atoms with E-state index in [1.54, 1.807) is 11.1 Å². The van der Waals surface area contributed by atoms with Crippen molar-refractivity contribution in [1.29, 1.82) is 5.26 Å². The maximum Gasteiger partial charge on any atom is 0.270 e. The Morgan fingerprint density at radius 3 is 2.88 bits per heavy atom. The number of nitrogens with two attached hydrogens (primary N) is 1. The number of nitro benzene ring substituents is 1. The molecule has 0 saturated carbocycles. The summed E-state index contributed by atoms with van der Waals surface area (Å²) in [6.07, 6.45) is 1.75. The van der Waals surface area contributed by atoms with Gasteiger partial charge in [0.05, 0.1) is 22.7 Å². The molecular weight excluding hydrogens is 222 g/mol. The van der Waals surface area contributed by atoms with Gasteiger partial charge in [0, 0.05) is 12.1 Å². The van der Waals surface area contributed by atoms with Gasteiger partial charge in [0.15, 0.2) is 0 Å². The summed E-state index contributed by atoms with van der Waals surface area (Å²) in [5.41, 5.74) is 9.08. The van der Waals surface area contributed by atoms with Gasteiger partial charge in [0.1, 0.15) is 11.9 Å². The number of nitro groups is 1. The van der Waals surface area contributed by atoms with Crippen molar-refractivity contribution in [3.8, 4) is 6.07 Å². The molecule has 7 heteroatoms. The van der Waals surface area contributed by atoms with Crippen LogP contribution in [0.3, 0.4) is 0 Å². The number of benzene rings is 1. The van der Waals surface area contributed by atoms with Crippen LogP contribution in [0.4, 0.5) is 11.4 Å². The first kappa shape index (κ1) is 10.8. The average Bonchev–Trinajstić information content (AvgIpc) is 2.74. The van der Waals surface area contributed by atoms with Gasteiger partial charge < -0.3 is 5.73 Å². The lowest BCUT2D eigenvalue weighted by Gasteiger charge is -2.20. The molecule has 3 N–H and O–H groups in total. The summed E-state index contributed by atoms with van der Waals surface area (Å²) < 4.78 is 0. The van der Waals surface area contributed by atoms with Gasteiger partial charge in [-0.1, -0.05) is 0 Å². The van der Waals surface area contributed by atoms with Gasteiger partial charge in [-0.3, -0.25) is 20.5 Å². The van der Waals surface area contributed by atoms with Gasteiger partial charge in [0.2, 0.25) is 0 Å². The topological polar surface area (TPSA) is 108 Å². The Bertz CT molecular complexity index is 546. The van der Waals surface area contributed by atoms with Crippen LogP contribution in [0.1, 0.15) is 5.56 Å². The molecule has 7 nitrogen and oxygen atoms in total. The van der Waals surface area contributed by atoms with E-state index in [-0.39, 0.29) is 11.3 Å². The summed E-state index contributed by atoms with van der Waals surface area (Å²) in [7, 11) is 0. The third-order valence-electron chi connectivity index (χ3n) is 2.36. The summed E-state index contributed by atoms with van der Waals surface area (Å²) in [6.45, 7) is 0.512. The third kappa shape index (κ3) is 1.96. The normalized spacial score (nSPS) is 13.8. The van der Waals surface area contributed by atoms with Crippen LogP contribution in [0.2, 0.25) is 0 Å². The number of rotatable bonds is 2. The van der Waals surface area contributed by atoms with Crippen LogP contribution < -0.4 is 16.2 Å². The number of nitrogens with zero attached hydrogens (tertiary/aromatic N) is 3. The molecular formula is C10H9N5O2. The van der Waals surface area contributed by atoms with Gasteiger partial charge >= 0.3 is 0 Å². The van der Waals surface area contributed by atoms with Crippen molar-refractivity contribution in [1.82, 2.24) is 5.43 Å². The van der Waals surface area contributed by atoms with E-state index < -0.39 is 4.92 Å². The Morgan fingerprint density at radius 2 is 2.35 bits per heavy atom. The summed E-state index contributed by atoms with van der Waals surface area (Å²) in [6, 6.07) is 6.05. The van der Waals surface area contributed by atoms with E-state index in [1.807, 2.05) is 6.07 Å². The minimum Gasteiger partial charge on any atom is -0.384 e. The summed E-state index contributed by atoms with van der Waals surface area (Å²) >= 11 is 0. The highest BCUT2D eigenvalue weighted by Crippen LogP contribution is 2.25. The lowest BCUT2D eigenvalue weighted by atomic mass is 10.1. The lowest BCUT2D eigenvalue weighted by molar-refractivity contribution is -0.384. The maximum atomic E-state index is 10.6. The second kappa shape index (κ2) is 4.02. The Labute approximate surface area is 96.9 Å². The minimum atomic E-state index is -0.533. The standard InChI is InChI=1S/C10H9N5O2/c11-6-7-5-8(15(16)17)1-2-9(7)14-4-3-10(12)13-14/h1-3,5,13H,4,12H2. The Kier molecular flexibility index (Phi) is 2.54. The van der Waals surface area contributed by atoms with Crippen molar-refractivity contribution in [3.05, 3.63) is 45.8 Å². The number of nitrogens with one attached hydrogen (secondary N) is 1. The fourth-order valence-corrected chi connectivity index (χ4v) is 1.56. The summed E-state index contributed by atoms with van der Waals surface area (Å²) in [5, 5.41) is 21.2. The van der Waals surface area contributed by atoms with Crippen molar-refractivity contribution in [2.75, 3.05) is 11.6 Å². The fourth-order valence-electron chi connectivity index (χ4n) is 1.56. The monoisotopic (exact) mass is 231 g/mol. The third-order valence-corrected chi connectivity index (χ3v) is 2.36. The second-order valence-corrected chi connectivity index (χ2v) is 3.45. The van der Waals surface area contributed by atoms with E-state index >= 15 is 0 Å². The molecule has 0 radical (unpaired) electrons. The largest absolute Gasteiger partial charge is 0.384 e.